The lowest BCUT2D eigenvalue weighted by molar-refractivity contribution is -0.138. The largest absolute Gasteiger partial charge is 0.480 e. The highest BCUT2D eigenvalue weighted by molar-refractivity contribution is 5.76. The molecule has 0 saturated heterocycles. The van der Waals surface area contributed by atoms with Crippen molar-refractivity contribution in [1.29, 1.82) is 5.41 Å². The summed E-state index contributed by atoms with van der Waals surface area (Å²) in [5, 5.41) is 18.5. The van der Waals surface area contributed by atoms with Crippen LogP contribution in [-0.4, -0.2) is 29.5 Å². The van der Waals surface area contributed by atoms with Gasteiger partial charge in [-0.1, -0.05) is 11.6 Å². The zero-order valence-electron chi connectivity index (χ0n) is 9.21. The van der Waals surface area contributed by atoms with Gasteiger partial charge in [0.1, 0.15) is 6.04 Å². The van der Waals surface area contributed by atoms with Gasteiger partial charge < -0.3 is 16.2 Å². The molecule has 0 aliphatic carbocycles. The molecule has 0 aromatic carbocycles. The Morgan fingerprint density at radius 2 is 2.20 bits per heavy atom. The van der Waals surface area contributed by atoms with Gasteiger partial charge in [0.2, 0.25) is 0 Å². The van der Waals surface area contributed by atoms with E-state index in [0.29, 0.717) is 25.2 Å². The Hall–Kier alpha value is -1.36. The zero-order chi connectivity index (χ0) is 11.8. The predicted molar refractivity (Wildman–Crippen MR) is 60.0 cm³/mol. The molecule has 0 spiro atoms. The summed E-state index contributed by atoms with van der Waals surface area (Å²) in [6.45, 7) is 4.20. The van der Waals surface area contributed by atoms with E-state index in [4.69, 9.17) is 16.2 Å². The Morgan fingerprint density at radius 1 is 1.60 bits per heavy atom. The molecular formula is C10H19N3O2. The fourth-order valence-electron chi connectivity index (χ4n) is 0.987. The van der Waals surface area contributed by atoms with Crippen LogP contribution < -0.4 is 11.1 Å². The fraction of sp³-hybridized carbons (Fsp3) is 0.600. The molecule has 0 radical (unpaired) electrons. The fourth-order valence-corrected chi connectivity index (χ4v) is 0.987. The highest BCUT2D eigenvalue weighted by Gasteiger charge is 2.10. The number of hydrogen-bond acceptors (Lipinski definition) is 3. The number of rotatable bonds is 6. The van der Waals surface area contributed by atoms with Gasteiger partial charge in [0, 0.05) is 6.54 Å². The Labute approximate surface area is 89.9 Å². The van der Waals surface area contributed by atoms with Crippen LogP contribution in [0.3, 0.4) is 0 Å². The second-order valence-electron chi connectivity index (χ2n) is 3.54. The average Bonchev–Trinajstić information content (AvgIpc) is 2.13. The minimum Gasteiger partial charge on any atom is -0.480 e. The number of nitrogens with one attached hydrogen (secondary N) is 2. The van der Waals surface area contributed by atoms with E-state index in [1.54, 1.807) is 6.92 Å². The lowest BCUT2D eigenvalue weighted by Gasteiger charge is -2.06. The van der Waals surface area contributed by atoms with Crippen molar-refractivity contribution in [3.05, 3.63) is 11.6 Å². The predicted octanol–water partition coefficient (Wildman–Crippen LogP) is 0.712. The number of carboxylic acids is 1. The summed E-state index contributed by atoms with van der Waals surface area (Å²) in [5.74, 6) is -0.544. The first-order valence-corrected chi connectivity index (χ1v) is 4.86. The first kappa shape index (κ1) is 13.6. The number of carboxylic acid groups (broad SMARTS) is 1. The zero-order valence-corrected chi connectivity index (χ0v) is 9.21. The van der Waals surface area contributed by atoms with Crippen LogP contribution >= 0.6 is 0 Å². The van der Waals surface area contributed by atoms with Gasteiger partial charge in [-0.2, -0.15) is 0 Å². The molecule has 0 bridgehead atoms. The third-order valence-corrected chi connectivity index (χ3v) is 1.98. The number of amidine groups is 1. The second kappa shape index (κ2) is 7.00. The average molecular weight is 213 g/mol. The van der Waals surface area contributed by atoms with Crippen LogP contribution in [0.15, 0.2) is 11.6 Å². The van der Waals surface area contributed by atoms with Gasteiger partial charge >= 0.3 is 5.97 Å². The molecule has 5 heteroatoms. The molecule has 0 heterocycles. The standard InChI is InChI=1S/C10H19N3O2/c1-7(5-6-13-8(2)11)3-4-9(12)10(14)15/h5,9H,3-4,6,12H2,1-2H3,(H2,11,13)(H,14,15)/b7-5-/t9-/m0/s1. The highest BCUT2D eigenvalue weighted by atomic mass is 16.4. The summed E-state index contributed by atoms with van der Waals surface area (Å²) in [6, 6.07) is -0.786. The van der Waals surface area contributed by atoms with E-state index >= 15 is 0 Å². The first-order valence-electron chi connectivity index (χ1n) is 4.86. The molecule has 0 fully saturated rings. The van der Waals surface area contributed by atoms with Crippen molar-refractivity contribution < 1.29 is 9.90 Å². The van der Waals surface area contributed by atoms with Crippen LogP contribution in [0.5, 0.6) is 0 Å². The first-order chi connectivity index (χ1) is 6.93. The third kappa shape index (κ3) is 7.69. The Bertz CT molecular complexity index is 261. The molecule has 0 unspecified atom stereocenters. The summed E-state index contributed by atoms with van der Waals surface area (Å²) in [5.41, 5.74) is 6.45. The molecule has 0 aliphatic rings. The van der Waals surface area contributed by atoms with E-state index in [-0.39, 0.29) is 0 Å². The lowest BCUT2D eigenvalue weighted by atomic mass is 10.1. The number of nitrogens with two attached hydrogens (primary N) is 1. The van der Waals surface area contributed by atoms with E-state index in [9.17, 15) is 4.79 Å². The summed E-state index contributed by atoms with van der Waals surface area (Å²) in [4.78, 5) is 10.4. The monoisotopic (exact) mass is 213 g/mol. The van der Waals surface area contributed by atoms with Crippen molar-refractivity contribution >= 4 is 11.8 Å². The lowest BCUT2D eigenvalue weighted by Crippen LogP contribution is -2.29. The molecule has 5 N–H and O–H groups in total. The van der Waals surface area contributed by atoms with Gasteiger partial charge in [-0.05, 0) is 26.7 Å². The third-order valence-electron chi connectivity index (χ3n) is 1.98. The Kier molecular flexibility index (Phi) is 6.37. The number of hydrogen-bond donors (Lipinski definition) is 4. The molecule has 0 aromatic rings. The van der Waals surface area contributed by atoms with E-state index in [1.165, 1.54) is 0 Å². The van der Waals surface area contributed by atoms with Crippen molar-refractivity contribution in [2.75, 3.05) is 6.54 Å². The van der Waals surface area contributed by atoms with Crippen molar-refractivity contribution in [2.24, 2.45) is 5.73 Å². The van der Waals surface area contributed by atoms with Crippen LogP contribution in [0, 0.1) is 5.41 Å². The van der Waals surface area contributed by atoms with Gasteiger partial charge in [0.15, 0.2) is 0 Å². The van der Waals surface area contributed by atoms with Gasteiger partial charge in [0.25, 0.3) is 0 Å². The highest BCUT2D eigenvalue weighted by Crippen LogP contribution is 2.05. The van der Waals surface area contributed by atoms with Gasteiger partial charge in [-0.3, -0.25) is 10.2 Å². The number of allylic oxidation sites excluding steroid dienone is 1. The molecule has 0 amide bonds. The summed E-state index contributed by atoms with van der Waals surface area (Å²) >= 11 is 0. The van der Waals surface area contributed by atoms with Gasteiger partial charge in [-0.15, -0.1) is 0 Å². The Morgan fingerprint density at radius 3 is 2.67 bits per heavy atom. The molecule has 0 rings (SSSR count). The maximum atomic E-state index is 10.4. The van der Waals surface area contributed by atoms with Crippen molar-refractivity contribution in [3.63, 3.8) is 0 Å². The molecule has 0 aromatic heterocycles. The number of aliphatic carboxylic acids is 1. The molecule has 86 valence electrons. The molecule has 0 aliphatic heterocycles. The normalized spacial score (nSPS) is 13.4. The maximum Gasteiger partial charge on any atom is 0.320 e. The van der Waals surface area contributed by atoms with E-state index in [0.717, 1.165) is 5.57 Å². The maximum absolute atomic E-state index is 10.4. The smallest absolute Gasteiger partial charge is 0.320 e. The van der Waals surface area contributed by atoms with Crippen LogP contribution in [-0.2, 0) is 4.79 Å². The minimum absolute atomic E-state index is 0.418. The minimum atomic E-state index is -0.962. The molecule has 15 heavy (non-hydrogen) atoms. The van der Waals surface area contributed by atoms with Gasteiger partial charge in [0.05, 0.1) is 5.84 Å². The van der Waals surface area contributed by atoms with E-state index in [1.807, 2.05) is 13.0 Å². The quantitative estimate of drug-likeness (QED) is 0.296. The topological polar surface area (TPSA) is 99.2 Å². The second-order valence-corrected chi connectivity index (χ2v) is 3.54. The SMILES string of the molecule is CC(=N)NC/C=C(/C)CC[C@H](N)C(=O)O. The molecule has 5 nitrogen and oxygen atoms in total. The molecule has 0 saturated carbocycles. The van der Waals surface area contributed by atoms with E-state index < -0.39 is 12.0 Å². The van der Waals surface area contributed by atoms with Gasteiger partial charge in [-0.25, -0.2) is 0 Å². The van der Waals surface area contributed by atoms with Crippen molar-refractivity contribution in [2.45, 2.75) is 32.7 Å². The molecular weight excluding hydrogens is 194 g/mol. The van der Waals surface area contributed by atoms with Crippen LogP contribution in [0.2, 0.25) is 0 Å². The number of carbonyl (C=O) groups is 1. The summed E-state index contributed by atoms with van der Waals surface area (Å²) in [6.07, 6.45) is 3.06. The van der Waals surface area contributed by atoms with E-state index in [2.05, 4.69) is 5.32 Å². The Balaban J connectivity index is 3.77. The summed E-state index contributed by atoms with van der Waals surface area (Å²) in [7, 11) is 0. The van der Waals surface area contributed by atoms with Crippen molar-refractivity contribution in [1.82, 2.24) is 5.32 Å². The molecule has 1 atom stereocenters. The van der Waals surface area contributed by atoms with Crippen LogP contribution in [0.4, 0.5) is 0 Å². The van der Waals surface area contributed by atoms with Crippen molar-refractivity contribution in [3.8, 4) is 0 Å². The summed E-state index contributed by atoms with van der Waals surface area (Å²) < 4.78 is 0. The van der Waals surface area contributed by atoms with Crippen LogP contribution in [0.25, 0.3) is 0 Å². The van der Waals surface area contributed by atoms with Crippen LogP contribution in [0.1, 0.15) is 26.7 Å².